The molecular formula is C12H25N7O. The van der Waals surface area contributed by atoms with Crippen LogP contribution in [0.15, 0.2) is 0 Å². The van der Waals surface area contributed by atoms with Crippen molar-refractivity contribution in [2.75, 3.05) is 38.0 Å². The third-order valence-electron chi connectivity index (χ3n) is 2.56. The minimum atomic E-state index is 0.240. The van der Waals surface area contributed by atoms with Gasteiger partial charge in [-0.3, -0.25) is 5.43 Å². The molecule has 0 saturated heterocycles. The first-order valence-corrected chi connectivity index (χ1v) is 6.82. The summed E-state index contributed by atoms with van der Waals surface area (Å²) in [5, 5.41) is 3.22. The fraction of sp³-hybridized carbons (Fsp3) is 0.750. The Balaban J connectivity index is 2.67. The Kier molecular flexibility index (Phi) is 6.96. The molecule has 0 aliphatic rings. The maximum Gasteiger partial charge on any atom is 0.323 e. The first-order valence-electron chi connectivity index (χ1n) is 6.82. The molecule has 1 unspecified atom stereocenters. The van der Waals surface area contributed by atoms with Gasteiger partial charge in [-0.1, -0.05) is 6.92 Å². The zero-order valence-electron chi connectivity index (χ0n) is 12.7. The van der Waals surface area contributed by atoms with Gasteiger partial charge in [0, 0.05) is 6.04 Å². The molecule has 0 fully saturated rings. The van der Waals surface area contributed by atoms with Gasteiger partial charge in [0.25, 0.3) is 0 Å². The predicted octanol–water partition coefficient (Wildman–Crippen LogP) is 0.698. The number of rotatable bonds is 9. The van der Waals surface area contributed by atoms with Crippen LogP contribution in [-0.4, -0.2) is 53.1 Å². The van der Waals surface area contributed by atoms with E-state index in [1.54, 1.807) is 0 Å². The molecule has 0 aliphatic heterocycles. The molecule has 20 heavy (non-hydrogen) atoms. The average molecular weight is 283 g/mol. The zero-order valence-corrected chi connectivity index (χ0v) is 12.7. The smallest absolute Gasteiger partial charge is 0.323 e. The van der Waals surface area contributed by atoms with Crippen molar-refractivity contribution >= 4 is 11.9 Å². The van der Waals surface area contributed by atoms with Crippen molar-refractivity contribution in [3.05, 3.63) is 0 Å². The van der Waals surface area contributed by atoms with Gasteiger partial charge in [0.15, 0.2) is 0 Å². The standard InChI is InChI=1S/C12H25N7O/c1-5-8-20-12-16-10(15-11(17-12)18-13)14-9(2)6-7-19(3)4/h9H,5-8,13H2,1-4H3,(H2,14,15,16,17,18). The third-order valence-corrected chi connectivity index (χ3v) is 2.56. The molecule has 114 valence electrons. The van der Waals surface area contributed by atoms with E-state index in [0.29, 0.717) is 12.6 Å². The van der Waals surface area contributed by atoms with Crippen LogP contribution >= 0.6 is 0 Å². The number of nitrogens with two attached hydrogens (primary N) is 1. The minimum Gasteiger partial charge on any atom is -0.463 e. The summed E-state index contributed by atoms with van der Waals surface area (Å²) in [6.07, 6.45) is 1.87. The maximum atomic E-state index is 5.41. The van der Waals surface area contributed by atoms with Gasteiger partial charge in [-0.15, -0.1) is 0 Å². The molecule has 1 rings (SSSR count). The van der Waals surface area contributed by atoms with Crippen molar-refractivity contribution in [2.45, 2.75) is 32.7 Å². The van der Waals surface area contributed by atoms with Crippen LogP contribution in [0.5, 0.6) is 6.01 Å². The molecule has 0 spiro atoms. The van der Waals surface area contributed by atoms with Crippen molar-refractivity contribution in [3.63, 3.8) is 0 Å². The Morgan fingerprint density at radius 2 is 1.95 bits per heavy atom. The Bertz CT molecular complexity index is 399. The van der Waals surface area contributed by atoms with Crippen LogP contribution in [0.3, 0.4) is 0 Å². The second-order valence-electron chi connectivity index (χ2n) is 4.90. The maximum absolute atomic E-state index is 5.41. The lowest BCUT2D eigenvalue weighted by Crippen LogP contribution is -2.24. The van der Waals surface area contributed by atoms with Crippen LogP contribution in [0.1, 0.15) is 26.7 Å². The number of ether oxygens (including phenoxy) is 1. The first kappa shape index (κ1) is 16.4. The van der Waals surface area contributed by atoms with E-state index in [9.17, 15) is 0 Å². The highest BCUT2D eigenvalue weighted by Gasteiger charge is 2.09. The highest BCUT2D eigenvalue weighted by molar-refractivity contribution is 5.35. The van der Waals surface area contributed by atoms with Gasteiger partial charge in [-0.25, -0.2) is 5.84 Å². The van der Waals surface area contributed by atoms with Crippen LogP contribution < -0.4 is 21.3 Å². The van der Waals surface area contributed by atoms with E-state index in [2.05, 4.69) is 37.5 Å². The summed E-state index contributed by atoms with van der Waals surface area (Å²) in [5.74, 6) is 6.10. The van der Waals surface area contributed by atoms with Crippen molar-refractivity contribution in [2.24, 2.45) is 5.84 Å². The Morgan fingerprint density at radius 1 is 1.25 bits per heavy atom. The third kappa shape index (κ3) is 5.98. The lowest BCUT2D eigenvalue weighted by Gasteiger charge is -2.17. The quantitative estimate of drug-likeness (QED) is 0.450. The first-order chi connectivity index (χ1) is 9.55. The normalized spacial score (nSPS) is 12.3. The summed E-state index contributed by atoms with van der Waals surface area (Å²) in [7, 11) is 4.09. The molecule has 8 nitrogen and oxygen atoms in total. The summed E-state index contributed by atoms with van der Waals surface area (Å²) in [6, 6.07) is 0.515. The van der Waals surface area contributed by atoms with Crippen molar-refractivity contribution in [1.29, 1.82) is 0 Å². The topological polar surface area (TPSA) is 101 Å². The van der Waals surface area contributed by atoms with Crippen LogP contribution in [0.25, 0.3) is 0 Å². The van der Waals surface area contributed by atoms with E-state index in [1.807, 2.05) is 21.0 Å². The number of hydrogen-bond donors (Lipinski definition) is 3. The van der Waals surface area contributed by atoms with Crippen molar-refractivity contribution in [1.82, 2.24) is 19.9 Å². The predicted molar refractivity (Wildman–Crippen MR) is 79.7 cm³/mol. The number of aromatic nitrogens is 3. The largest absolute Gasteiger partial charge is 0.463 e. The summed E-state index contributed by atoms with van der Waals surface area (Å²) < 4.78 is 5.41. The average Bonchev–Trinajstić information content (AvgIpc) is 2.42. The lowest BCUT2D eigenvalue weighted by molar-refractivity contribution is 0.292. The molecule has 0 aromatic carbocycles. The van der Waals surface area contributed by atoms with Crippen molar-refractivity contribution in [3.8, 4) is 6.01 Å². The molecule has 1 aromatic heterocycles. The van der Waals surface area contributed by atoms with E-state index in [4.69, 9.17) is 10.6 Å². The Hall–Kier alpha value is -1.67. The van der Waals surface area contributed by atoms with Crippen LogP contribution in [0.4, 0.5) is 11.9 Å². The highest BCUT2D eigenvalue weighted by atomic mass is 16.5. The number of nitrogen functional groups attached to an aromatic ring is 1. The van der Waals surface area contributed by atoms with Gasteiger partial charge in [0.05, 0.1) is 6.61 Å². The van der Waals surface area contributed by atoms with Gasteiger partial charge in [0.1, 0.15) is 0 Å². The van der Waals surface area contributed by atoms with Crippen LogP contribution in [-0.2, 0) is 0 Å². The van der Waals surface area contributed by atoms with E-state index in [-0.39, 0.29) is 18.0 Å². The molecule has 4 N–H and O–H groups in total. The number of hydrazine groups is 1. The fourth-order valence-electron chi connectivity index (χ4n) is 1.49. The van der Waals surface area contributed by atoms with Gasteiger partial charge in [-0.05, 0) is 40.4 Å². The minimum absolute atomic E-state index is 0.240. The second kappa shape index (κ2) is 8.49. The molecule has 1 atom stereocenters. The van der Waals surface area contributed by atoms with Crippen molar-refractivity contribution < 1.29 is 4.74 Å². The van der Waals surface area contributed by atoms with E-state index < -0.39 is 0 Å². The molecule has 0 aliphatic carbocycles. The highest BCUT2D eigenvalue weighted by Crippen LogP contribution is 2.12. The monoisotopic (exact) mass is 283 g/mol. The molecule has 1 heterocycles. The van der Waals surface area contributed by atoms with E-state index in [1.165, 1.54) is 0 Å². The molecule has 0 radical (unpaired) electrons. The SMILES string of the molecule is CCCOc1nc(NN)nc(NC(C)CCN(C)C)n1. The van der Waals surface area contributed by atoms with Gasteiger partial charge >= 0.3 is 6.01 Å². The Labute approximate surface area is 120 Å². The zero-order chi connectivity index (χ0) is 15.0. The number of nitrogens with one attached hydrogen (secondary N) is 2. The Morgan fingerprint density at radius 3 is 2.55 bits per heavy atom. The molecule has 8 heteroatoms. The second-order valence-corrected chi connectivity index (χ2v) is 4.90. The van der Waals surface area contributed by atoms with E-state index in [0.717, 1.165) is 19.4 Å². The van der Waals surface area contributed by atoms with E-state index >= 15 is 0 Å². The van der Waals surface area contributed by atoms with Crippen LogP contribution in [0, 0.1) is 0 Å². The summed E-state index contributed by atoms with van der Waals surface area (Å²) in [5.41, 5.74) is 2.42. The van der Waals surface area contributed by atoms with Crippen LogP contribution in [0.2, 0.25) is 0 Å². The molecular weight excluding hydrogens is 258 g/mol. The molecule has 0 amide bonds. The summed E-state index contributed by atoms with van der Waals surface area (Å²) >= 11 is 0. The van der Waals surface area contributed by atoms with Gasteiger partial charge in [0.2, 0.25) is 11.9 Å². The summed E-state index contributed by atoms with van der Waals surface area (Å²) in [6.45, 7) is 5.64. The molecule has 0 saturated carbocycles. The fourth-order valence-corrected chi connectivity index (χ4v) is 1.49. The van der Waals surface area contributed by atoms with Gasteiger partial charge < -0.3 is 15.0 Å². The lowest BCUT2D eigenvalue weighted by atomic mass is 10.2. The summed E-state index contributed by atoms with van der Waals surface area (Å²) in [4.78, 5) is 14.6. The molecule has 0 bridgehead atoms. The number of nitrogens with zero attached hydrogens (tertiary/aromatic N) is 4. The number of anilines is 2. The van der Waals surface area contributed by atoms with Gasteiger partial charge in [-0.2, -0.15) is 15.0 Å². The molecule has 1 aromatic rings. The number of hydrogen-bond acceptors (Lipinski definition) is 8.